The van der Waals surface area contributed by atoms with Gasteiger partial charge in [-0.25, -0.2) is 9.97 Å². The average Bonchev–Trinajstić information content (AvgIpc) is 2.92. The van der Waals surface area contributed by atoms with E-state index in [1.807, 2.05) is 23.7 Å². The second kappa shape index (κ2) is 4.53. The Morgan fingerprint density at radius 2 is 2.14 bits per heavy atom. The molecule has 3 nitrogen and oxygen atoms in total. The minimum Gasteiger partial charge on any atom is -0.351 e. The predicted molar refractivity (Wildman–Crippen MR) is 58.2 cm³/mol. The van der Waals surface area contributed by atoms with Crippen molar-refractivity contribution >= 4 is 21.6 Å². The van der Waals surface area contributed by atoms with Crippen molar-refractivity contribution in [2.75, 3.05) is 0 Å². The predicted octanol–water partition coefficient (Wildman–Crippen LogP) is 2.71. The van der Waals surface area contributed by atoms with Gasteiger partial charge < -0.3 is 4.98 Å². The van der Waals surface area contributed by atoms with Crippen LogP contribution in [0.1, 0.15) is 0 Å². The quantitative estimate of drug-likeness (QED) is 0.610. The van der Waals surface area contributed by atoms with Gasteiger partial charge in [-0.2, -0.15) is 0 Å². The first-order valence-corrected chi connectivity index (χ1v) is 5.06. The Kier molecular flexibility index (Phi) is 2.88. The van der Waals surface area contributed by atoms with E-state index in [9.17, 15) is 0 Å². The van der Waals surface area contributed by atoms with Crippen LogP contribution in [0.5, 0.6) is 0 Å². The number of thiazole rings is 1. The number of nitrogens with zero attached hydrogens (tertiary/aromatic N) is 2. The number of rotatable bonds is 0. The Morgan fingerprint density at radius 1 is 1.21 bits per heavy atom. The molecule has 0 spiro atoms. The lowest BCUT2D eigenvalue weighted by atomic mass is 10.3. The van der Waals surface area contributed by atoms with Crippen LogP contribution >= 0.6 is 11.3 Å². The van der Waals surface area contributed by atoms with E-state index in [4.69, 9.17) is 0 Å². The van der Waals surface area contributed by atoms with Crippen LogP contribution in [0.3, 0.4) is 0 Å². The molecule has 0 amide bonds. The van der Waals surface area contributed by atoms with Crippen LogP contribution in [-0.2, 0) is 0 Å². The van der Waals surface area contributed by atoms with Gasteiger partial charge in [-0.05, 0) is 12.1 Å². The van der Waals surface area contributed by atoms with Crippen molar-refractivity contribution < 1.29 is 0 Å². The van der Waals surface area contributed by atoms with Crippen LogP contribution in [0.15, 0.2) is 48.5 Å². The molecule has 0 unspecified atom stereocenters. The summed E-state index contributed by atoms with van der Waals surface area (Å²) in [4.78, 5) is 10.6. The lowest BCUT2D eigenvalue weighted by molar-refractivity contribution is 1.31. The summed E-state index contributed by atoms with van der Waals surface area (Å²) in [6, 6.07) is 8.13. The molecule has 0 bridgehead atoms. The van der Waals surface area contributed by atoms with E-state index in [-0.39, 0.29) is 0 Å². The first kappa shape index (κ1) is 8.90. The number of hydrogen-bond acceptors (Lipinski definition) is 3. The van der Waals surface area contributed by atoms with Gasteiger partial charge in [0.25, 0.3) is 0 Å². The van der Waals surface area contributed by atoms with E-state index >= 15 is 0 Å². The molecule has 0 aliphatic rings. The molecular weight excluding hydrogens is 194 g/mol. The molecule has 70 valence electrons. The van der Waals surface area contributed by atoms with Crippen LogP contribution in [0.4, 0.5) is 0 Å². The number of para-hydroxylation sites is 1. The van der Waals surface area contributed by atoms with Crippen LogP contribution < -0.4 is 0 Å². The fourth-order valence-corrected chi connectivity index (χ4v) is 1.70. The van der Waals surface area contributed by atoms with Crippen LogP contribution in [-0.4, -0.2) is 15.0 Å². The van der Waals surface area contributed by atoms with Crippen molar-refractivity contribution in [2.45, 2.75) is 0 Å². The molecule has 0 aliphatic heterocycles. The molecule has 3 rings (SSSR count). The summed E-state index contributed by atoms with van der Waals surface area (Å²) in [7, 11) is 0. The summed E-state index contributed by atoms with van der Waals surface area (Å²) >= 11 is 1.68. The number of hydrogen-bond donors (Lipinski definition) is 1. The van der Waals surface area contributed by atoms with Gasteiger partial charge in [0.2, 0.25) is 0 Å². The Morgan fingerprint density at radius 3 is 2.79 bits per heavy atom. The highest BCUT2D eigenvalue weighted by Gasteiger charge is 1.89. The van der Waals surface area contributed by atoms with Crippen LogP contribution in [0, 0.1) is 0 Å². The summed E-state index contributed by atoms with van der Waals surface area (Å²) in [6.07, 6.45) is 5.08. The van der Waals surface area contributed by atoms with E-state index in [0.717, 1.165) is 5.52 Å². The molecule has 3 aromatic rings. The number of imidazole rings is 1. The first-order valence-electron chi connectivity index (χ1n) is 4.18. The molecular formula is C10H9N3S. The van der Waals surface area contributed by atoms with E-state index in [1.165, 1.54) is 4.70 Å². The molecule has 14 heavy (non-hydrogen) atoms. The fraction of sp³-hybridized carbons (Fsp3) is 0. The van der Waals surface area contributed by atoms with Crippen molar-refractivity contribution in [2.24, 2.45) is 0 Å². The van der Waals surface area contributed by atoms with Gasteiger partial charge in [0.05, 0.1) is 22.1 Å². The summed E-state index contributed by atoms with van der Waals surface area (Å²) in [5, 5.41) is 0. The van der Waals surface area contributed by atoms with Crippen molar-refractivity contribution in [1.29, 1.82) is 0 Å². The van der Waals surface area contributed by atoms with Crippen molar-refractivity contribution in [3.8, 4) is 0 Å². The Labute approximate surface area is 85.5 Å². The lowest BCUT2D eigenvalue weighted by Gasteiger charge is -1.80. The first-order chi connectivity index (χ1) is 6.97. The maximum Gasteiger partial charge on any atom is 0.0919 e. The van der Waals surface area contributed by atoms with Crippen molar-refractivity contribution in [1.82, 2.24) is 15.0 Å². The molecule has 1 N–H and O–H groups in total. The van der Waals surface area contributed by atoms with Crippen LogP contribution in [0.2, 0.25) is 0 Å². The Bertz CT molecular complexity index is 425. The maximum absolute atomic E-state index is 4.14. The molecule has 0 aliphatic carbocycles. The summed E-state index contributed by atoms with van der Waals surface area (Å²) in [6.45, 7) is 0. The topological polar surface area (TPSA) is 41.6 Å². The third kappa shape index (κ3) is 2.17. The van der Waals surface area contributed by atoms with E-state index in [1.54, 1.807) is 30.1 Å². The summed E-state index contributed by atoms with van der Waals surface area (Å²) < 4.78 is 1.26. The zero-order chi connectivity index (χ0) is 9.64. The standard InChI is InChI=1S/C7H5NS.C3H4N2/c1-2-4-7-6(3-1)8-5-9-7;1-2-5-3-4-1/h1-5H;1-3H,(H,4,5). The zero-order valence-electron chi connectivity index (χ0n) is 7.42. The highest BCUT2D eigenvalue weighted by atomic mass is 32.1. The molecule has 1 aromatic carbocycles. The third-order valence-corrected chi connectivity index (χ3v) is 2.45. The number of aromatic amines is 1. The molecule has 0 atom stereocenters. The highest BCUT2D eigenvalue weighted by Crippen LogP contribution is 2.15. The molecule has 4 heteroatoms. The second-order valence-electron chi connectivity index (χ2n) is 2.58. The Hall–Kier alpha value is -1.68. The fourth-order valence-electron chi connectivity index (χ4n) is 1.02. The van der Waals surface area contributed by atoms with Gasteiger partial charge in [0.15, 0.2) is 0 Å². The number of H-pyrrole nitrogens is 1. The molecule has 0 saturated heterocycles. The average molecular weight is 203 g/mol. The number of fused-ring (bicyclic) bond motifs is 1. The normalized spacial score (nSPS) is 9.43. The van der Waals surface area contributed by atoms with Gasteiger partial charge in [-0.1, -0.05) is 12.1 Å². The Balaban J connectivity index is 0.000000128. The maximum atomic E-state index is 4.14. The van der Waals surface area contributed by atoms with Crippen LogP contribution in [0.25, 0.3) is 10.2 Å². The monoisotopic (exact) mass is 203 g/mol. The van der Waals surface area contributed by atoms with Crippen molar-refractivity contribution in [3.05, 3.63) is 48.5 Å². The summed E-state index contributed by atoms with van der Waals surface area (Å²) in [5.41, 5.74) is 2.97. The van der Waals surface area contributed by atoms with Crippen molar-refractivity contribution in [3.63, 3.8) is 0 Å². The minimum absolute atomic E-state index is 1.10. The van der Waals surface area contributed by atoms with Gasteiger partial charge in [-0.15, -0.1) is 11.3 Å². The number of nitrogens with one attached hydrogen (secondary N) is 1. The summed E-state index contributed by atoms with van der Waals surface area (Å²) in [5.74, 6) is 0. The van der Waals surface area contributed by atoms with E-state index in [0.29, 0.717) is 0 Å². The number of benzene rings is 1. The highest BCUT2D eigenvalue weighted by molar-refractivity contribution is 7.16. The molecule has 2 aromatic heterocycles. The largest absolute Gasteiger partial charge is 0.351 e. The zero-order valence-corrected chi connectivity index (χ0v) is 8.24. The van der Waals surface area contributed by atoms with Gasteiger partial charge in [-0.3, -0.25) is 0 Å². The van der Waals surface area contributed by atoms with Gasteiger partial charge in [0, 0.05) is 12.4 Å². The van der Waals surface area contributed by atoms with Gasteiger partial charge >= 0.3 is 0 Å². The third-order valence-electron chi connectivity index (χ3n) is 1.64. The molecule has 0 fully saturated rings. The SMILES string of the molecule is c1c[nH]cn1.c1ccc2scnc2c1. The smallest absolute Gasteiger partial charge is 0.0919 e. The molecule has 0 radical (unpaired) electrons. The minimum atomic E-state index is 1.10. The second-order valence-corrected chi connectivity index (χ2v) is 3.47. The lowest BCUT2D eigenvalue weighted by Crippen LogP contribution is -1.61. The number of aromatic nitrogens is 3. The molecule has 2 heterocycles. The molecule has 0 saturated carbocycles. The van der Waals surface area contributed by atoms with E-state index < -0.39 is 0 Å². The van der Waals surface area contributed by atoms with Gasteiger partial charge in [0.1, 0.15) is 0 Å². The van der Waals surface area contributed by atoms with E-state index in [2.05, 4.69) is 21.0 Å².